The molecule has 8 heteroatoms. The number of amides is 2. The van der Waals surface area contributed by atoms with Crippen LogP contribution in [0.4, 0.5) is 5.69 Å². The van der Waals surface area contributed by atoms with E-state index >= 15 is 0 Å². The zero-order valence-corrected chi connectivity index (χ0v) is 18.1. The lowest BCUT2D eigenvalue weighted by Crippen LogP contribution is -2.54. The molecule has 0 bridgehead atoms. The molecule has 32 heavy (non-hydrogen) atoms. The van der Waals surface area contributed by atoms with E-state index < -0.39 is 6.10 Å². The number of hydrogen-bond acceptors (Lipinski definition) is 5. The third-order valence-corrected chi connectivity index (χ3v) is 6.02. The van der Waals surface area contributed by atoms with E-state index in [9.17, 15) is 9.59 Å². The summed E-state index contributed by atoms with van der Waals surface area (Å²) < 4.78 is 13.4. The van der Waals surface area contributed by atoms with Crippen molar-refractivity contribution >= 4 is 28.5 Å². The fourth-order valence-electron chi connectivity index (χ4n) is 4.38. The molecule has 0 N–H and O–H groups in total. The Morgan fingerprint density at radius 3 is 2.62 bits per heavy atom. The Kier molecular flexibility index (Phi) is 5.53. The van der Waals surface area contributed by atoms with Crippen LogP contribution in [0.1, 0.15) is 12.7 Å². The molecule has 1 aromatic heterocycles. The van der Waals surface area contributed by atoms with Crippen molar-refractivity contribution in [1.82, 2.24) is 14.5 Å². The van der Waals surface area contributed by atoms with Gasteiger partial charge in [-0.1, -0.05) is 31.2 Å². The number of rotatable bonds is 4. The molecular weight excluding hydrogens is 408 g/mol. The molecule has 0 unspecified atom stereocenters. The number of aryl methyl sites for hydroxylation is 1. The van der Waals surface area contributed by atoms with Crippen LogP contribution in [0.15, 0.2) is 48.5 Å². The van der Waals surface area contributed by atoms with E-state index in [1.54, 1.807) is 15.9 Å². The Bertz CT molecular complexity index is 1150. The fourth-order valence-corrected chi connectivity index (χ4v) is 4.38. The lowest BCUT2D eigenvalue weighted by atomic mass is 10.1. The number of carbonyl (C=O) groups excluding carboxylic acids is 2. The molecule has 5 rings (SSSR count). The summed E-state index contributed by atoms with van der Waals surface area (Å²) in [6.45, 7) is 4.47. The lowest BCUT2D eigenvalue weighted by Gasteiger charge is -2.37. The molecule has 1 saturated heterocycles. The van der Waals surface area contributed by atoms with Gasteiger partial charge in [0.05, 0.1) is 36.5 Å². The molecule has 1 atom stereocenters. The van der Waals surface area contributed by atoms with E-state index in [1.165, 1.54) is 0 Å². The first-order valence-corrected chi connectivity index (χ1v) is 11.0. The summed E-state index contributed by atoms with van der Waals surface area (Å²) in [5, 5.41) is 0. The molecule has 0 spiro atoms. The third kappa shape index (κ3) is 3.71. The van der Waals surface area contributed by atoms with Crippen LogP contribution < -0.4 is 9.64 Å². The highest BCUT2D eigenvalue weighted by Gasteiger charge is 2.36. The number of ether oxygens (including phenoxy) is 2. The SMILES string of the molecule is CCc1nc2ccccc2n1CC(=O)N1C[C@H](C(=O)N2CCOCC2)Oc2ccccc21. The summed E-state index contributed by atoms with van der Waals surface area (Å²) in [4.78, 5) is 34.8. The van der Waals surface area contributed by atoms with Crippen LogP contribution in [0.25, 0.3) is 11.0 Å². The topological polar surface area (TPSA) is 76.9 Å². The Balaban J connectivity index is 1.44. The van der Waals surface area contributed by atoms with Gasteiger partial charge in [-0.15, -0.1) is 0 Å². The number of anilines is 1. The van der Waals surface area contributed by atoms with Crippen LogP contribution in [-0.2, 0) is 27.3 Å². The van der Waals surface area contributed by atoms with Crippen molar-refractivity contribution in [2.45, 2.75) is 26.0 Å². The minimum absolute atomic E-state index is 0.0987. The van der Waals surface area contributed by atoms with E-state index in [1.807, 2.05) is 54.0 Å². The molecule has 2 aliphatic rings. The highest BCUT2D eigenvalue weighted by atomic mass is 16.5. The molecule has 0 radical (unpaired) electrons. The maximum atomic E-state index is 13.6. The van der Waals surface area contributed by atoms with Crippen molar-refractivity contribution in [1.29, 1.82) is 0 Å². The predicted molar refractivity (Wildman–Crippen MR) is 120 cm³/mol. The summed E-state index contributed by atoms with van der Waals surface area (Å²) in [5.74, 6) is 1.20. The summed E-state index contributed by atoms with van der Waals surface area (Å²) in [6.07, 6.45) is -0.0167. The second-order valence-electron chi connectivity index (χ2n) is 7.97. The van der Waals surface area contributed by atoms with Crippen LogP contribution in [0, 0.1) is 0 Å². The molecular formula is C24H26N4O4. The Morgan fingerprint density at radius 1 is 1.06 bits per heavy atom. The minimum atomic E-state index is -0.739. The highest BCUT2D eigenvalue weighted by Crippen LogP contribution is 2.34. The molecule has 0 saturated carbocycles. The zero-order valence-electron chi connectivity index (χ0n) is 18.1. The van der Waals surface area contributed by atoms with E-state index in [0.717, 1.165) is 23.3 Å². The fraction of sp³-hybridized carbons (Fsp3) is 0.375. The molecule has 0 aliphatic carbocycles. The number of imidazole rings is 1. The summed E-state index contributed by atoms with van der Waals surface area (Å²) in [7, 11) is 0. The van der Waals surface area contributed by atoms with E-state index in [0.29, 0.717) is 37.7 Å². The predicted octanol–water partition coefficient (Wildman–Crippen LogP) is 2.25. The number of nitrogens with zero attached hydrogens (tertiary/aromatic N) is 4. The first-order valence-electron chi connectivity index (χ1n) is 11.0. The number of para-hydroxylation sites is 4. The highest BCUT2D eigenvalue weighted by molar-refractivity contribution is 5.97. The zero-order chi connectivity index (χ0) is 22.1. The second kappa shape index (κ2) is 8.63. The van der Waals surface area contributed by atoms with Crippen LogP contribution in [0.3, 0.4) is 0 Å². The average Bonchev–Trinajstić information content (AvgIpc) is 3.20. The Labute approximate surface area is 186 Å². The van der Waals surface area contributed by atoms with Gasteiger partial charge in [0.25, 0.3) is 5.91 Å². The van der Waals surface area contributed by atoms with Crippen molar-refractivity contribution < 1.29 is 19.1 Å². The van der Waals surface area contributed by atoms with Gasteiger partial charge in [0, 0.05) is 19.5 Å². The summed E-state index contributed by atoms with van der Waals surface area (Å²) in [5.41, 5.74) is 2.49. The summed E-state index contributed by atoms with van der Waals surface area (Å²) in [6, 6.07) is 15.2. The normalized spacial score (nSPS) is 18.3. The van der Waals surface area contributed by atoms with Gasteiger partial charge in [-0.05, 0) is 24.3 Å². The van der Waals surface area contributed by atoms with Crippen molar-refractivity contribution in [3.8, 4) is 5.75 Å². The summed E-state index contributed by atoms with van der Waals surface area (Å²) >= 11 is 0. The van der Waals surface area contributed by atoms with E-state index in [-0.39, 0.29) is 24.9 Å². The first kappa shape index (κ1) is 20.5. The number of benzene rings is 2. The van der Waals surface area contributed by atoms with Crippen molar-refractivity contribution in [2.75, 3.05) is 37.7 Å². The quantitative estimate of drug-likeness (QED) is 0.630. The van der Waals surface area contributed by atoms with Crippen molar-refractivity contribution in [3.63, 3.8) is 0 Å². The molecule has 2 aromatic carbocycles. The van der Waals surface area contributed by atoms with Crippen LogP contribution in [-0.4, -0.2) is 65.2 Å². The van der Waals surface area contributed by atoms with E-state index in [2.05, 4.69) is 4.98 Å². The van der Waals surface area contributed by atoms with Crippen molar-refractivity contribution in [2.24, 2.45) is 0 Å². The maximum Gasteiger partial charge on any atom is 0.265 e. The largest absolute Gasteiger partial charge is 0.476 e. The minimum Gasteiger partial charge on any atom is -0.476 e. The Hall–Kier alpha value is -3.39. The number of hydrogen-bond donors (Lipinski definition) is 0. The molecule has 8 nitrogen and oxygen atoms in total. The van der Waals surface area contributed by atoms with Crippen LogP contribution >= 0.6 is 0 Å². The average molecular weight is 434 g/mol. The number of morpholine rings is 1. The van der Waals surface area contributed by atoms with E-state index in [4.69, 9.17) is 9.47 Å². The van der Waals surface area contributed by atoms with Gasteiger partial charge < -0.3 is 23.8 Å². The molecule has 166 valence electrons. The van der Waals surface area contributed by atoms with Gasteiger partial charge in [-0.25, -0.2) is 4.98 Å². The Morgan fingerprint density at radius 2 is 1.81 bits per heavy atom. The standard InChI is InChI=1S/C24H26N4O4/c1-2-22-25-17-7-3-4-8-18(17)27(22)16-23(29)28-15-21(24(30)26-11-13-31-14-12-26)32-20-10-6-5-9-19(20)28/h3-10,21H,2,11-16H2,1H3/t21-/m1/s1. The van der Waals surface area contributed by atoms with Gasteiger partial charge in [-0.2, -0.15) is 0 Å². The molecule has 3 heterocycles. The van der Waals surface area contributed by atoms with Gasteiger partial charge in [0.15, 0.2) is 6.10 Å². The molecule has 1 fully saturated rings. The van der Waals surface area contributed by atoms with Crippen LogP contribution in [0.5, 0.6) is 5.75 Å². The maximum absolute atomic E-state index is 13.6. The van der Waals surface area contributed by atoms with Gasteiger partial charge in [0.2, 0.25) is 5.91 Å². The molecule has 2 amide bonds. The lowest BCUT2D eigenvalue weighted by molar-refractivity contribution is -0.142. The third-order valence-electron chi connectivity index (χ3n) is 6.02. The van der Waals surface area contributed by atoms with Gasteiger partial charge in [0.1, 0.15) is 18.1 Å². The monoisotopic (exact) mass is 434 g/mol. The molecule has 3 aromatic rings. The van der Waals surface area contributed by atoms with Crippen molar-refractivity contribution in [3.05, 3.63) is 54.4 Å². The number of aromatic nitrogens is 2. The second-order valence-corrected chi connectivity index (χ2v) is 7.97. The van der Waals surface area contributed by atoms with Gasteiger partial charge in [-0.3, -0.25) is 9.59 Å². The number of fused-ring (bicyclic) bond motifs is 2. The van der Waals surface area contributed by atoms with Crippen LogP contribution in [0.2, 0.25) is 0 Å². The number of carbonyl (C=O) groups is 2. The smallest absolute Gasteiger partial charge is 0.265 e. The van der Waals surface area contributed by atoms with Gasteiger partial charge >= 0.3 is 0 Å². The molecule has 2 aliphatic heterocycles. The first-order chi connectivity index (χ1) is 15.7.